The van der Waals surface area contributed by atoms with Gasteiger partial charge < -0.3 is 19.5 Å². The number of nitrogens with zero attached hydrogens (tertiary/aromatic N) is 4. The summed E-state index contributed by atoms with van der Waals surface area (Å²) in [6.07, 6.45) is 6.90. The third-order valence-electron chi connectivity index (χ3n) is 4.82. The summed E-state index contributed by atoms with van der Waals surface area (Å²) in [6.45, 7) is 5.41. The Morgan fingerprint density at radius 3 is 2.93 bits per heavy atom. The van der Waals surface area contributed by atoms with Crippen LogP contribution in [0.2, 0.25) is 5.02 Å². The van der Waals surface area contributed by atoms with Gasteiger partial charge in [0.1, 0.15) is 12.4 Å². The van der Waals surface area contributed by atoms with Crippen LogP contribution in [0.25, 0.3) is 0 Å². The van der Waals surface area contributed by atoms with E-state index in [0.717, 1.165) is 25.5 Å². The van der Waals surface area contributed by atoms with E-state index in [2.05, 4.69) is 31.7 Å². The maximum atomic E-state index is 6.11. The molecule has 8 heteroatoms. The van der Waals surface area contributed by atoms with Crippen molar-refractivity contribution in [3.05, 3.63) is 48.0 Å². The number of hydrogen-bond acceptors (Lipinski definition) is 3. The molecule has 0 radical (unpaired) electrons. The molecule has 1 N–H and O–H groups in total. The Balaban J connectivity index is 0.00000261. The number of likely N-dealkylation sites (tertiary alicyclic amines) is 1. The largest absolute Gasteiger partial charge is 0.490 e. The van der Waals surface area contributed by atoms with Gasteiger partial charge in [0.2, 0.25) is 0 Å². The molecule has 1 aromatic carbocycles. The minimum atomic E-state index is 0. The summed E-state index contributed by atoms with van der Waals surface area (Å²) in [7, 11) is 1.82. The van der Waals surface area contributed by atoms with Crippen LogP contribution in [-0.4, -0.2) is 53.7 Å². The molecule has 2 aromatic rings. The first-order chi connectivity index (χ1) is 12.7. The molecule has 1 fully saturated rings. The van der Waals surface area contributed by atoms with Crippen molar-refractivity contribution in [3.8, 4) is 5.75 Å². The first-order valence-electron chi connectivity index (χ1n) is 8.99. The number of hydrogen-bond donors (Lipinski definition) is 1. The van der Waals surface area contributed by atoms with Crippen LogP contribution in [0, 0.1) is 5.92 Å². The quantitative estimate of drug-likeness (QED) is 0.293. The highest BCUT2D eigenvalue weighted by atomic mass is 127. The summed E-state index contributed by atoms with van der Waals surface area (Å²) >= 11 is 6.11. The fourth-order valence-electron chi connectivity index (χ4n) is 3.31. The molecule has 1 aliphatic rings. The summed E-state index contributed by atoms with van der Waals surface area (Å²) in [6, 6.07) is 7.92. The fraction of sp³-hybridized carbons (Fsp3) is 0.474. The van der Waals surface area contributed by atoms with Crippen molar-refractivity contribution in [2.45, 2.75) is 19.4 Å². The number of aliphatic imine (C=N–C) groups is 1. The second-order valence-corrected chi connectivity index (χ2v) is 6.95. The van der Waals surface area contributed by atoms with Crippen molar-refractivity contribution >= 4 is 41.5 Å². The van der Waals surface area contributed by atoms with Gasteiger partial charge in [-0.2, -0.15) is 0 Å². The van der Waals surface area contributed by atoms with E-state index in [4.69, 9.17) is 16.3 Å². The van der Waals surface area contributed by atoms with Gasteiger partial charge in [0.15, 0.2) is 5.96 Å². The van der Waals surface area contributed by atoms with Crippen LogP contribution in [0.15, 0.2) is 48.0 Å². The second-order valence-electron chi connectivity index (χ2n) is 6.54. The molecular formula is C19H27ClIN5O. The Bertz CT molecular complexity index is 725. The Kier molecular flexibility index (Phi) is 8.69. The summed E-state index contributed by atoms with van der Waals surface area (Å²) in [4.78, 5) is 10.9. The van der Waals surface area contributed by atoms with Gasteiger partial charge >= 0.3 is 0 Å². The molecule has 2 unspecified atom stereocenters. The zero-order chi connectivity index (χ0) is 18.4. The molecule has 0 amide bonds. The number of halogens is 2. The summed E-state index contributed by atoms with van der Waals surface area (Å²) in [5.41, 5.74) is 0. The fourth-order valence-corrected chi connectivity index (χ4v) is 3.50. The van der Waals surface area contributed by atoms with Crippen LogP contribution in [0.5, 0.6) is 5.75 Å². The summed E-state index contributed by atoms with van der Waals surface area (Å²) in [5, 5.41) is 4.02. The highest BCUT2D eigenvalue weighted by molar-refractivity contribution is 14.0. The number of rotatable bonds is 5. The van der Waals surface area contributed by atoms with E-state index < -0.39 is 0 Å². The highest BCUT2D eigenvalue weighted by Gasteiger charge is 2.28. The van der Waals surface area contributed by atoms with Crippen LogP contribution in [0.1, 0.15) is 19.4 Å². The van der Waals surface area contributed by atoms with Crippen molar-refractivity contribution in [1.82, 2.24) is 19.8 Å². The molecule has 2 heterocycles. The van der Waals surface area contributed by atoms with Gasteiger partial charge in [0.25, 0.3) is 0 Å². The molecule has 1 aliphatic heterocycles. The van der Waals surface area contributed by atoms with Crippen molar-refractivity contribution in [2.75, 3.05) is 33.3 Å². The van der Waals surface area contributed by atoms with Crippen LogP contribution >= 0.6 is 35.6 Å². The van der Waals surface area contributed by atoms with Gasteiger partial charge in [-0.3, -0.25) is 4.99 Å². The lowest BCUT2D eigenvalue weighted by Crippen LogP contribution is -2.49. The molecule has 0 bridgehead atoms. The number of nitrogens with one attached hydrogen (secondary N) is 1. The van der Waals surface area contributed by atoms with E-state index in [1.165, 1.54) is 0 Å². The Hall–Kier alpha value is -1.48. The number of piperidine rings is 1. The number of benzene rings is 1. The topological polar surface area (TPSA) is 54.7 Å². The zero-order valence-corrected chi connectivity index (χ0v) is 18.8. The van der Waals surface area contributed by atoms with Crippen LogP contribution in [-0.2, 0) is 0 Å². The van der Waals surface area contributed by atoms with Gasteiger partial charge in [0, 0.05) is 32.5 Å². The van der Waals surface area contributed by atoms with Gasteiger partial charge in [0.05, 0.1) is 23.9 Å². The standard InChI is InChI=1S/C19H26ClN5O.HI/c1-15-7-10-24(13-17(15)25-11-8-22-14-25)19(21-2)23-9-12-26-18-6-4-3-5-16(18)20;/h3-6,8,11,14-15,17H,7,9-10,12-13H2,1-2H3,(H,21,23);1H. The predicted molar refractivity (Wildman–Crippen MR) is 120 cm³/mol. The lowest BCUT2D eigenvalue weighted by Gasteiger charge is -2.39. The number of para-hydroxylation sites is 1. The van der Waals surface area contributed by atoms with Crippen molar-refractivity contribution in [2.24, 2.45) is 10.9 Å². The van der Waals surface area contributed by atoms with Crippen LogP contribution in [0.4, 0.5) is 0 Å². The molecule has 1 aromatic heterocycles. The lowest BCUT2D eigenvalue weighted by molar-refractivity contribution is 0.188. The molecule has 6 nitrogen and oxygen atoms in total. The maximum Gasteiger partial charge on any atom is 0.193 e. The van der Waals surface area contributed by atoms with Gasteiger partial charge in [-0.25, -0.2) is 4.98 Å². The predicted octanol–water partition coefficient (Wildman–Crippen LogP) is 3.69. The highest BCUT2D eigenvalue weighted by Crippen LogP contribution is 2.27. The first kappa shape index (κ1) is 21.8. The Labute approximate surface area is 183 Å². The first-order valence-corrected chi connectivity index (χ1v) is 9.37. The zero-order valence-electron chi connectivity index (χ0n) is 15.7. The average molecular weight is 504 g/mol. The second kappa shape index (κ2) is 10.8. The van der Waals surface area contributed by atoms with Gasteiger partial charge in [-0.15, -0.1) is 24.0 Å². The molecule has 148 valence electrons. The third kappa shape index (κ3) is 5.75. The van der Waals surface area contributed by atoms with Crippen molar-refractivity contribution in [1.29, 1.82) is 0 Å². The van der Waals surface area contributed by atoms with Gasteiger partial charge in [-0.05, 0) is 24.5 Å². The average Bonchev–Trinajstić information content (AvgIpc) is 3.18. The maximum absolute atomic E-state index is 6.11. The van der Waals surface area contributed by atoms with Gasteiger partial charge in [-0.1, -0.05) is 30.7 Å². The minimum Gasteiger partial charge on any atom is -0.490 e. The molecule has 27 heavy (non-hydrogen) atoms. The van der Waals surface area contributed by atoms with Crippen LogP contribution in [0.3, 0.4) is 0 Å². The van der Waals surface area contributed by atoms with E-state index >= 15 is 0 Å². The van der Waals surface area contributed by atoms with E-state index in [0.29, 0.717) is 35.9 Å². The smallest absolute Gasteiger partial charge is 0.193 e. The monoisotopic (exact) mass is 503 g/mol. The lowest BCUT2D eigenvalue weighted by atomic mass is 9.93. The van der Waals surface area contributed by atoms with Crippen molar-refractivity contribution in [3.63, 3.8) is 0 Å². The molecule has 2 atom stereocenters. The number of aromatic nitrogens is 2. The normalized spacial score (nSPS) is 20.1. The molecular weight excluding hydrogens is 477 g/mol. The third-order valence-corrected chi connectivity index (χ3v) is 5.13. The number of ether oxygens (including phenoxy) is 1. The molecule has 0 spiro atoms. The van der Waals surface area contributed by atoms with E-state index in [9.17, 15) is 0 Å². The van der Waals surface area contributed by atoms with Crippen LogP contribution < -0.4 is 10.1 Å². The number of imidazole rings is 1. The van der Waals surface area contributed by atoms with Crippen molar-refractivity contribution < 1.29 is 4.74 Å². The van der Waals surface area contributed by atoms with E-state index in [1.807, 2.05) is 50.0 Å². The molecule has 0 saturated carbocycles. The Morgan fingerprint density at radius 2 is 2.22 bits per heavy atom. The number of guanidine groups is 1. The van der Waals surface area contributed by atoms with E-state index in [-0.39, 0.29) is 24.0 Å². The van der Waals surface area contributed by atoms with E-state index in [1.54, 1.807) is 0 Å². The summed E-state index contributed by atoms with van der Waals surface area (Å²) in [5.74, 6) is 2.23. The molecule has 3 rings (SSSR count). The molecule has 0 aliphatic carbocycles. The SMILES string of the molecule is CN=C(NCCOc1ccccc1Cl)N1CCC(C)C(n2ccnc2)C1.I. The Morgan fingerprint density at radius 1 is 1.41 bits per heavy atom. The molecule has 1 saturated heterocycles. The minimum absolute atomic E-state index is 0. The summed E-state index contributed by atoms with van der Waals surface area (Å²) < 4.78 is 7.93.